The summed E-state index contributed by atoms with van der Waals surface area (Å²) in [5.41, 5.74) is -0.755. The van der Waals surface area contributed by atoms with Crippen molar-refractivity contribution in [1.29, 1.82) is 0 Å². The predicted molar refractivity (Wildman–Crippen MR) is 55.6 cm³/mol. The number of imide groups is 3. The summed E-state index contributed by atoms with van der Waals surface area (Å²) in [6, 6.07) is -3.52. The molecule has 100 valence electrons. The smallest absolute Gasteiger partial charge is 0.328 e. The number of aliphatic hydroxyl groups excluding tert-OH is 1. The van der Waals surface area contributed by atoms with E-state index in [1.54, 1.807) is 16.0 Å². The Bertz CT molecular complexity index is 518. The Hall–Kier alpha value is -2.82. The fourth-order valence-corrected chi connectivity index (χ4v) is 1.42. The molecule has 11 heteroatoms. The Morgan fingerprint density at radius 1 is 0.895 bits per heavy atom. The van der Waals surface area contributed by atoms with Crippen molar-refractivity contribution in [1.82, 2.24) is 21.3 Å². The van der Waals surface area contributed by atoms with Gasteiger partial charge in [-0.25, -0.2) is 9.59 Å². The van der Waals surface area contributed by atoms with Crippen molar-refractivity contribution in [3.63, 3.8) is 0 Å². The van der Waals surface area contributed by atoms with Gasteiger partial charge in [0.15, 0.2) is 18.0 Å². The van der Waals surface area contributed by atoms with Crippen molar-refractivity contribution in [3.05, 3.63) is 0 Å². The van der Waals surface area contributed by atoms with Crippen LogP contribution in [0.4, 0.5) is 9.59 Å². The second kappa shape index (κ2) is 4.45. The van der Waals surface area contributed by atoms with Gasteiger partial charge in [0, 0.05) is 0 Å². The summed E-state index contributed by atoms with van der Waals surface area (Å²) in [5, 5.41) is 16.7. The van der Waals surface area contributed by atoms with Gasteiger partial charge in [0.05, 0.1) is 0 Å². The molecule has 0 aromatic heterocycles. The minimum Gasteiger partial charge on any atom is -0.371 e. The third-order valence-corrected chi connectivity index (χ3v) is 2.24. The number of carbonyl (C=O) groups is 5. The average molecular weight is 269 g/mol. The lowest BCUT2D eigenvalue weighted by atomic mass is 10.2. The van der Waals surface area contributed by atoms with Gasteiger partial charge in [0.25, 0.3) is 17.7 Å². The number of carbonyl (C=O) groups excluding carboxylic acids is 5. The summed E-state index contributed by atoms with van der Waals surface area (Å²) in [7, 11) is 0. The zero-order chi connectivity index (χ0) is 14.2. The normalized spacial score (nSPS) is 27.2. The zero-order valence-corrected chi connectivity index (χ0v) is 9.09. The summed E-state index contributed by atoms with van der Waals surface area (Å²) in [6.07, 6.45) is -1.69. The Kier molecular flexibility index (Phi) is 2.96. The number of aliphatic hydroxyl groups is 1. The molecule has 0 aromatic carbocycles. The van der Waals surface area contributed by atoms with E-state index in [0.29, 0.717) is 0 Å². The van der Waals surface area contributed by atoms with E-state index in [4.69, 9.17) is 0 Å². The molecular formula is C8H7N5O6. The first-order valence-corrected chi connectivity index (χ1v) is 4.92. The molecule has 0 aliphatic carbocycles. The van der Waals surface area contributed by atoms with E-state index in [1.165, 1.54) is 0 Å². The number of urea groups is 2. The van der Waals surface area contributed by atoms with E-state index in [0.717, 1.165) is 0 Å². The Labute approximate surface area is 104 Å². The van der Waals surface area contributed by atoms with Gasteiger partial charge >= 0.3 is 12.1 Å². The van der Waals surface area contributed by atoms with Crippen LogP contribution in [0.25, 0.3) is 0 Å². The van der Waals surface area contributed by atoms with E-state index in [9.17, 15) is 29.1 Å². The fourth-order valence-electron chi connectivity index (χ4n) is 1.42. The van der Waals surface area contributed by atoms with Crippen LogP contribution in [0.3, 0.4) is 0 Å². The van der Waals surface area contributed by atoms with Crippen LogP contribution in [0, 0.1) is 0 Å². The molecule has 2 saturated heterocycles. The van der Waals surface area contributed by atoms with Gasteiger partial charge in [-0.2, -0.15) is 0 Å². The molecule has 0 radical (unpaired) electrons. The predicted octanol–water partition coefficient (Wildman–Crippen LogP) is -3.68. The van der Waals surface area contributed by atoms with Gasteiger partial charge in [-0.15, -0.1) is 0 Å². The highest BCUT2D eigenvalue weighted by atomic mass is 16.3. The summed E-state index contributed by atoms with van der Waals surface area (Å²) in [6.45, 7) is 0. The number of hydrogen-bond acceptors (Lipinski definition) is 7. The van der Waals surface area contributed by atoms with Crippen molar-refractivity contribution in [2.24, 2.45) is 4.99 Å². The Balaban J connectivity index is 2.27. The van der Waals surface area contributed by atoms with E-state index < -0.39 is 47.8 Å². The lowest BCUT2D eigenvalue weighted by molar-refractivity contribution is -0.125. The molecular weight excluding hydrogens is 262 g/mol. The number of barbiturate groups is 1. The number of amides is 7. The van der Waals surface area contributed by atoms with Crippen LogP contribution < -0.4 is 21.3 Å². The number of nitrogens with one attached hydrogen (secondary N) is 4. The standard InChI is InChI=1S/C8H7N5O6/c14-3-1(4(15)11-7(18)10-3)9-2-5(16)12-8(19)13-6(2)17/h1,3,14H,(H2,10,11,15,18)(H2,12,13,16,17,19)/t1-,3-/m0/s1. The van der Waals surface area contributed by atoms with Gasteiger partial charge in [0.2, 0.25) is 0 Å². The van der Waals surface area contributed by atoms with Crippen LogP contribution in [-0.4, -0.2) is 52.9 Å². The first-order chi connectivity index (χ1) is 8.88. The first-order valence-electron chi connectivity index (χ1n) is 4.92. The molecule has 2 rings (SSSR count). The van der Waals surface area contributed by atoms with Gasteiger partial charge in [0.1, 0.15) is 0 Å². The number of rotatable bonds is 1. The largest absolute Gasteiger partial charge is 0.371 e. The van der Waals surface area contributed by atoms with Crippen molar-refractivity contribution in [2.45, 2.75) is 12.3 Å². The van der Waals surface area contributed by atoms with E-state index >= 15 is 0 Å². The maximum Gasteiger partial charge on any atom is 0.328 e. The van der Waals surface area contributed by atoms with E-state index in [2.05, 4.69) is 4.99 Å². The Morgan fingerprint density at radius 3 is 2.00 bits per heavy atom. The second-order valence-corrected chi connectivity index (χ2v) is 3.57. The van der Waals surface area contributed by atoms with Crippen LogP contribution >= 0.6 is 0 Å². The van der Waals surface area contributed by atoms with Crippen molar-refractivity contribution in [2.75, 3.05) is 0 Å². The number of hydrogen-bond donors (Lipinski definition) is 5. The maximum atomic E-state index is 11.4. The Morgan fingerprint density at radius 2 is 1.47 bits per heavy atom. The zero-order valence-electron chi connectivity index (χ0n) is 9.09. The third kappa shape index (κ3) is 2.40. The van der Waals surface area contributed by atoms with Crippen LogP contribution in [0.5, 0.6) is 0 Å². The SMILES string of the molecule is O=C1NC(=O)C(=N[C@@H]2C(=O)NC(=O)N[C@H]2O)C(=O)N1. The van der Waals surface area contributed by atoms with Crippen molar-refractivity contribution < 1.29 is 29.1 Å². The molecule has 2 atom stereocenters. The monoisotopic (exact) mass is 269 g/mol. The molecule has 2 aliphatic heterocycles. The molecule has 11 nitrogen and oxygen atoms in total. The molecule has 0 saturated carbocycles. The molecule has 2 aliphatic rings. The van der Waals surface area contributed by atoms with Crippen molar-refractivity contribution >= 4 is 35.5 Å². The molecule has 0 spiro atoms. The third-order valence-electron chi connectivity index (χ3n) is 2.24. The molecule has 5 N–H and O–H groups in total. The van der Waals surface area contributed by atoms with E-state index in [-0.39, 0.29) is 0 Å². The summed E-state index contributed by atoms with van der Waals surface area (Å²) in [5.74, 6) is -3.20. The first kappa shape index (κ1) is 12.6. The van der Waals surface area contributed by atoms with Gasteiger partial charge in [-0.3, -0.25) is 35.3 Å². The molecule has 0 aromatic rings. The highest BCUT2D eigenvalue weighted by molar-refractivity contribution is 6.69. The summed E-state index contributed by atoms with van der Waals surface area (Å²) >= 11 is 0. The quantitative estimate of drug-likeness (QED) is 0.328. The van der Waals surface area contributed by atoms with Crippen LogP contribution in [0.15, 0.2) is 4.99 Å². The lowest BCUT2D eigenvalue weighted by Crippen LogP contribution is -2.62. The van der Waals surface area contributed by atoms with Crippen LogP contribution in [0.2, 0.25) is 0 Å². The second-order valence-electron chi connectivity index (χ2n) is 3.57. The molecule has 0 bridgehead atoms. The maximum absolute atomic E-state index is 11.4. The lowest BCUT2D eigenvalue weighted by Gasteiger charge is -2.25. The van der Waals surface area contributed by atoms with Crippen LogP contribution in [-0.2, 0) is 14.4 Å². The van der Waals surface area contributed by atoms with Gasteiger partial charge in [-0.1, -0.05) is 0 Å². The fraction of sp³-hybridized carbons (Fsp3) is 0.250. The molecule has 7 amide bonds. The molecule has 19 heavy (non-hydrogen) atoms. The minimum atomic E-state index is -1.69. The topological polar surface area (TPSA) is 166 Å². The summed E-state index contributed by atoms with van der Waals surface area (Å²) in [4.78, 5) is 59.2. The summed E-state index contributed by atoms with van der Waals surface area (Å²) < 4.78 is 0. The highest BCUT2D eigenvalue weighted by Crippen LogP contribution is 2.04. The molecule has 2 heterocycles. The van der Waals surface area contributed by atoms with Crippen molar-refractivity contribution in [3.8, 4) is 0 Å². The average Bonchev–Trinajstić information content (AvgIpc) is 2.25. The van der Waals surface area contributed by atoms with Crippen LogP contribution in [0.1, 0.15) is 0 Å². The highest BCUT2D eigenvalue weighted by Gasteiger charge is 2.37. The molecule has 0 unspecified atom stereocenters. The molecule has 2 fully saturated rings. The minimum absolute atomic E-state index is 0.755. The number of aliphatic imine (C=N–C) groups is 1. The number of nitrogens with zero attached hydrogens (tertiary/aromatic N) is 1. The van der Waals surface area contributed by atoms with Gasteiger partial charge in [-0.05, 0) is 0 Å². The van der Waals surface area contributed by atoms with E-state index in [1.807, 2.05) is 5.32 Å². The van der Waals surface area contributed by atoms with Gasteiger partial charge < -0.3 is 10.4 Å².